The van der Waals surface area contributed by atoms with Gasteiger partial charge in [-0.25, -0.2) is 8.42 Å². The molecule has 4 nitrogen and oxygen atoms in total. The van der Waals surface area contributed by atoms with Crippen molar-refractivity contribution in [2.24, 2.45) is 5.10 Å². The van der Waals surface area contributed by atoms with E-state index in [2.05, 4.69) is 34.0 Å². The van der Waals surface area contributed by atoms with Crippen molar-refractivity contribution in [1.82, 2.24) is 5.01 Å². The standard InChI is InChI=1S/C17H18N2O2S2/c20-23(21)9-7-15(12-23)19-17(14-6-8-22-11-14)10-16(18-19)13-4-2-1-3-5-13/h1-6,8,11,15,17H,7,9-10,12H2/t15-,17+/m1/s1. The molecule has 120 valence electrons. The summed E-state index contributed by atoms with van der Waals surface area (Å²) in [5.41, 5.74) is 3.40. The molecular weight excluding hydrogens is 328 g/mol. The lowest BCUT2D eigenvalue weighted by molar-refractivity contribution is 0.176. The Morgan fingerprint density at radius 1 is 1.17 bits per heavy atom. The van der Waals surface area contributed by atoms with Gasteiger partial charge < -0.3 is 0 Å². The van der Waals surface area contributed by atoms with Gasteiger partial charge in [-0.05, 0) is 34.4 Å². The number of hydrazone groups is 1. The third-order valence-corrected chi connectivity index (χ3v) is 7.01. The number of hydrogen-bond donors (Lipinski definition) is 0. The summed E-state index contributed by atoms with van der Waals surface area (Å²) in [6.07, 6.45) is 1.51. The molecule has 0 aliphatic carbocycles. The number of benzene rings is 1. The maximum atomic E-state index is 11.9. The van der Waals surface area contributed by atoms with Crippen molar-refractivity contribution in [2.45, 2.75) is 24.9 Å². The Kier molecular flexibility index (Phi) is 3.73. The van der Waals surface area contributed by atoms with Crippen LogP contribution in [0.2, 0.25) is 0 Å². The molecule has 0 unspecified atom stereocenters. The Bertz CT molecular complexity index is 814. The summed E-state index contributed by atoms with van der Waals surface area (Å²) >= 11 is 1.67. The van der Waals surface area contributed by atoms with E-state index in [1.165, 1.54) is 5.56 Å². The van der Waals surface area contributed by atoms with E-state index in [1.807, 2.05) is 18.2 Å². The van der Waals surface area contributed by atoms with Gasteiger partial charge in [0.2, 0.25) is 0 Å². The molecule has 1 fully saturated rings. The SMILES string of the molecule is O=S1(=O)CC[C@@H](N2N=C(c3ccccc3)C[C@H]2c2ccsc2)C1. The molecule has 2 aliphatic heterocycles. The van der Waals surface area contributed by atoms with Gasteiger partial charge in [-0.2, -0.15) is 16.4 Å². The first-order chi connectivity index (χ1) is 11.1. The van der Waals surface area contributed by atoms with Crippen LogP contribution in [0, 0.1) is 0 Å². The van der Waals surface area contributed by atoms with Gasteiger partial charge in [-0.15, -0.1) is 0 Å². The van der Waals surface area contributed by atoms with E-state index in [9.17, 15) is 8.42 Å². The minimum atomic E-state index is -2.92. The Morgan fingerprint density at radius 2 is 2.00 bits per heavy atom. The van der Waals surface area contributed by atoms with Crippen molar-refractivity contribution in [3.05, 3.63) is 58.3 Å². The Labute approximate surface area is 140 Å². The van der Waals surface area contributed by atoms with Crippen LogP contribution in [0.4, 0.5) is 0 Å². The molecule has 1 aromatic carbocycles. The molecule has 0 amide bonds. The molecule has 2 atom stereocenters. The highest BCUT2D eigenvalue weighted by atomic mass is 32.2. The number of sulfone groups is 1. The second-order valence-electron chi connectivity index (χ2n) is 6.13. The fourth-order valence-corrected chi connectivity index (χ4v) is 5.80. The third kappa shape index (κ3) is 2.93. The van der Waals surface area contributed by atoms with E-state index in [0.717, 1.165) is 17.7 Å². The molecule has 2 aliphatic rings. The molecule has 4 rings (SSSR count). The van der Waals surface area contributed by atoms with Crippen LogP contribution in [0.5, 0.6) is 0 Å². The van der Waals surface area contributed by atoms with Crippen molar-refractivity contribution < 1.29 is 8.42 Å². The van der Waals surface area contributed by atoms with Crippen molar-refractivity contribution in [3.8, 4) is 0 Å². The molecule has 6 heteroatoms. The Morgan fingerprint density at radius 3 is 2.65 bits per heavy atom. The first-order valence-corrected chi connectivity index (χ1v) is 10.5. The van der Waals surface area contributed by atoms with Gasteiger partial charge in [-0.3, -0.25) is 5.01 Å². The van der Waals surface area contributed by atoms with Crippen LogP contribution >= 0.6 is 11.3 Å². The fraction of sp³-hybridized carbons (Fsp3) is 0.353. The minimum absolute atomic E-state index is 0.00823. The average Bonchev–Trinajstić information content (AvgIpc) is 3.25. The van der Waals surface area contributed by atoms with Gasteiger partial charge in [0.1, 0.15) is 0 Å². The molecule has 2 aromatic rings. The summed E-state index contributed by atoms with van der Waals surface area (Å²) in [4.78, 5) is 0. The van der Waals surface area contributed by atoms with Crippen LogP contribution in [0.25, 0.3) is 0 Å². The molecule has 1 saturated heterocycles. The zero-order valence-electron chi connectivity index (χ0n) is 12.6. The summed E-state index contributed by atoms with van der Waals surface area (Å²) in [5, 5.41) is 11.1. The number of nitrogens with zero attached hydrogens (tertiary/aromatic N) is 2. The van der Waals surface area contributed by atoms with Crippen LogP contribution in [-0.4, -0.2) is 36.7 Å². The summed E-state index contributed by atoms with van der Waals surface area (Å²) in [5.74, 6) is 0.500. The predicted octanol–water partition coefficient (Wildman–Crippen LogP) is 3.09. The lowest BCUT2D eigenvalue weighted by atomic mass is 10.00. The van der Waals surface area contributed by atoms with Crippen molar-refractivity contribution >= 4 is 26.9 Å². The summed E-state index contributed by atoms with van der Waals surface area (Å²) in [7, 11) is -2.92. The summed E-state index contributed by atoms with van der Waals surface area (Å²) in [6.45, 7) is 0. The fourth-order valence-electron chi connectivity index (χ4n) is 3.39. The molecule has 1 aromatic heterocycles. The van der Waals surface area contributed by atoms with E-state index in [1.54, 1.807) is 11.3 Å². The van der Waals surface area contributed by atoms with E-state index in [0.29, 0.717) is 6.42 Å². The van der Waals surface area contributed by atoms with Crippen molar-refractivity contribution in [1.29, 1.82) is 0 Å². The topological polar surface area (TPSA) is 49.7 Å². The van der Waals surface area contributed by atoms with Crippen LogP contribution in [-0.2, 0) is 9.84 Å². The highest BCUT2D eigenvalue weighted by molar-refractivity contribution is 7.91. The van der Waals surface area contributed by atoms with Crippen molar-refractivity contribution in [2.75, 3.05) is 11.5 Å². The largest absolute Gasteiger partial charge is 0.285 e. The Balaban J connectivity index is 1.68. The molecular formula is C17H18N2O2S2. The maximum absolute atomic E-state index is 11.9. The van der Waals surface area contributed by atoms with Gasteiger partial charge in [0.05, 0.1) is 29.3 Å². The lowest BCUT2D eigenvalue weighted by Gasteiger charge is -2.28. The number of thiophene rings is 1. The molecule has 0 radical (unpaired) electrons. The van der Waals surface area contributed by atoms with Crippen LogP contribution in [0.1, 0.15) is 30.0 Å². The zero-order chi connectivity index (χ0) is 15.9. The van der Waals surface area contributed by atoms with Crippen LogP contribution in [0.15, 0.2) is 52.3 Å². The number of hydrogen-bond acceptors (Lipinski definition) is 5. The predicted molar refractivity (Wildman–Crippen MR) is 93.6 cm³/mol. The zero-order valence-corrected chi connectivity index (χ0v) is 14.3. The number of rotatable bonds is 3. The molecule has 23 heavy (non-hydrogen) atoms. The first-order valence-electron chi connectivity index (χ1n) is 7.76. The second kappa shape index (κ2) is 5.76. The minimum Gasteiger partial charge on any atom is -0.285 e. The summed E-state index contributed by atoms with van der Waals surface area (Å²) < 4.78 is 23.7. The molecule has 0 bridgehead atoms. The first kappa shape index (κ1) is 14.9. The molecule has 3 heterocycles. The lowest BCUT2D eigenvalue weighted by Crippen LogP contribution is -2.32. The van der Waals surface area contributed by atoms with Crippen LogP contribution in [0.3, 0.4) is 0 Å². The molecule has 0 N–H and O–H groups in total. The highest BCUT2D eigenvalue weighted by Crippen LogP contribution is 2.37. The molecule has 0 saturated carbocycles. The van der Waals surface area contributed by atoms with Gasteiger partial charge in [0.25, 0.3) is 0 Å². The van der Waals surface area contributed by atoms with Gasteiger partial charge >= 0.3 is 0 Å². The van der Waals surface area contributed by atoms with Crippen molar-refractivity contribution in [3.63, 3.8) is 0 Å². The second-order valence-corrected chi connectivity index (χ2v) is 9.13. The monoisotopic (exact) mass is 346 g/mol. The smallest absolute Gasteiger partial charge is 0.152 e. The summed E-state index contributed by atoms with van der Waals surface area (Å²) in [6, 6.07) is 12.4. The van der Waals surface area contributed by atoms with Gasteiger partial charge in [-0.1, -0.05) is 30.3 Å². The van der Waals surface area contributed by atoms with E-state index in [4.69, 9.17) is 5.10 Å². The van der Waals surface area contributed by atoms with E-state index >= 15 is 0 Å². The Hall–Kier alpha value is -1.66. The van der Waals surface area contributed by atoms with Gasteiger partial charge in [0, 0.05) is 6.42 Å². The van der Waals surface area contributed by atoms with E-state index in [-0.39, 0.29) is 23.6 Å². The third-order valence-electron chi connectivity index (χ3n) is 4.56. The normalized spacial score (nSPS) is 26.4. The average molecular weight is 346 g/mol. The van der Waals surface area contributed by atoms with Gasteiger partial charge in [0.15, 0.2) is 9.84 Å². The highest BCUT2D eigenvalue weighted by Gasteiger charge is 2.39. The quantitative estimate of drug-likeness (QED) is 0.858. The molecule has 0 spiro atoms. The van der Waals surface area contributed by atoms with Crippen LogP contribution < -0.4 is 0 Å². The van der Waals surface area contributed by atoms with E-state index < -0.39 is 9.84 Å². The maximum Gasteiger partial charge on any atom is 0.152 e.